The van der Waals surface area contributed by atoms with Crippen molar-refractivity contribution in [1.82, 2.24) is 14.8 Å². The van der Waals surface area contributed by atoms with E-state index in [0.717, 1.165) is 36.4 Å². The molecule has 0 bridgehead atoms. The minimum Gasteiger partial charge on any atom is -0.423 e. The first-order valence-electron chi connectivity index (χ1n) is 9.81. The van der Waals surface area contributed by atoms with Crippen molar-refractivity contribution < 1.29 is 9.21 Å². The number of carbonyl (C=O) groups is 1. The number of hydrogen-bond acceptors (Lipinski definition) is 6. The second-order valence-electron chi connectivity index (χ2n) is 7.22. The third kappa shape index (κ3) is 4.46. The van der Waals surface area contributed by atoms with E-state index in [0.29, 0.717) is 30.8 Å². The topological polar surface area (TPSA) is 78.7 Å². The normalized spacial score (nSPS) is 14.9. The molecule has 3 heterocycles. The fourth-order valence-electron chi connectivity index (χ4n) is 3.56. The minimum atomic E-state index is -0.357. The Labute approximate surface area is 169 Å². The summed E-state index contributed by atoms with van der Waals surface area (Å²) in [5.74, 6) is 0.0396. The number of aromatic nitrogens is 1. The molecule has 0 spiro atoms. The monoisotopic (exact) mass is 392 g/mol. The molecule has 0 atom stereocenters. The summed E-state index contributed by atoms with van der Waals surface area (Å²) in [6.45, 7) is 6.50. The number of nitrogens with zero attached hydrogens (tertiary/aromatic N) is 3. The van der Waals surface area contributed by atoms with Crippen LogP contribution in [0.4, 0.5) is 5.69 Å². The van der Waals surface area contributed by atoms with Gasteiger partial charge in [0.2, 0.25) is 0 Å². The maximum absolute atomic E-state index is 12.6. The highest BCUT2D eigenvalue weighted by molar-refractivity contribution is 5.94. The van der Waals surface area contributed by atoms with Gasteiger partial charge in [0.05, 0.1) is 11.3 Å². The summed E-state index contributed by atoms with van der Waals surface area (Å²) in [6, 6.07) is 12.7. The molecule has 7 nitrogen and oxygen atoms in total. The quantitative estimate of drug-likeness (QED) is 0.672. The highest BCUT2D eigenvalue weighted by atomic mass is 16.4. The first kappa shape index (κ1) is 19.1. The molecule has 1 N–H and O–H groups in total. The van der Waals surface area contributed by atoms with Crippen LogP contribution in [0.5, 0.6) is 0 Å². The Morgan fingerprint density at radius 2 is 1.93 bits per heavy atom. The van der Waals surface area contributed by atoms with Crippen molar-refractivity contribution in [3.63, 3.8) is 0 Å². The van der Waals surface area contributed by atoms with E-state index in [2.05, 4.69) is 15.2 Å². The standard InChI is InChI=1S/C22H24N4O3/c1-16-6-7-17(15-24-16)22(28)26-12-10-25(11-13-26)9-8-23-19-14-21(27)29-20-5-3-2-4-18(19)20/h2-7,14-15,23H,8-13H2,1H3. The number of pyridine rings is 1. The number of anilines is 1. The summed E-state index contributed by atoms with van der Waals surface area (Å²) >= 11 is 0. The van der Waals surface area contributed by atoms with Crippen molar-refractivity contribution in [2.45, 2.75) is 6.92 Å². The molecule has 29 heavy (non-hydrogen) atoms. The highest BCUT2D eigenvalue weighted by Gasteiger charge is 2.22. The van der Waals surface area contributed by atoms with Crippen molar-refractivity contribution in [3.8, 4) is 0 Å². The van der Waals surface area contributed by atoms with E-state index < -0.39 is 0 Å². The predicted molar refractivity (Wildman–Crippen MR) is 112 cm³/mol. The Balaban J connectivity index is 1.29. The SMILES string of the molecule is Cc1ccc(C(=O)N2CCN(CCNc3cc(=O)oc4ccccc34)CC2)cn1. The van der Waals surface area contributed by atoms with E-state index in [1.165, 1.54) is 6.07 Å². The molecule has 1 saturated heterocycles. The molecule has 150 valence electrons. The van der Waals surface area contributed by atoms with Crippen LogP contribution in [-0.2, 0) is 0 Å². The molecule has 1 aliphatic rings. The van der Waals surface area contributed by atoms with E-state index in [-0.39, 0.29) is 11.5 Å². The number of amides is 1. The second kappa shape index (κ2) is 8.45. The number of para-hydroxylation sites is 1. The Morgan fingerprint density at radius 1 is 1.14 bits per heavy atom. The molecule has 0 unspecified atom stereocenters. The van der Waals surface area contributed by atoms with Gasteiger partial charge in [0.25, 0.3) is 5.91 Å². The molecule has 7 heteroatoms. The van der Waals surface area contributed by atoms with Gasteiger partial charge >= 0.3 is 5.63 Å². The summed E-state index contributed by atoms with van der Waals surface area (Å²) in [5, 5.41) is 4.25. The fourth-order valence-corrected chi connectivity index (χ4v) is 3.56. The molecule has 0 aliphatic carbocycles. The Bertz CT molecular complexity index is 1050. The molecule has 1 fully saturated rings. The average Bonchev–Trinajstić information content (AvgIpc) is 2.74. The second-order valence-corrected chi connectivity index (χ2v) is 7.22. The third-order valence-corrected chi connectivity index (χ3v) is 5.21. The van der Waals surface area contributed by atoms with Crippen molar-refractivity contribution in [2.75, 3.05) is 44.6 Å². The van der Waals surface area contributed by atoms with Crippen molar-refractivity contribution >= 4 is 22.6 Å². The number of piperazine rings is 1. The smallest absolute Gasteiger partial charge is 0.338 e. The lowest BCUT2D eigenvalue weighted by atomic mass is 10.2. The summed E-state index contributed by atoms with van der Waals surface area (Å²) < 4.78 is 5.23. The summed E-state index contributed by atoms with van der Waals surface area (Å²) in [4.78, 5) is 32.7. The van der Waals surface area contributed by atoms with Gasteiger partial charge in [-0.15, -0.1) is 0 Å². The summed E-state index contributed by atoms with van der Waals surface area (Å²) in [6.07, 6.45) is 1.65. The maximum Gasteiger partial charge on any atom is 0.338 e. The van der Waals surface area contributed by atoms with E-state index in [9.17, 15) is 9.59 Å². The number of rotatable bonds is 5. The zero-order valence-electron chi connectivity index (χ0n) is 16.4. The molecule has 4 rings (SSSR count). The third-order valence-electron chi connectivity index (χ3n) is 5.21. The van der Waals surface area contributed by atoms with Crippen LogP contribution in [-0.4, -0.2) is 60.0 Å². The van der Waals surface area contributed by atoms with Crippen LogP contribution in [0.1, 0.15) is 16.1 Å². The van der Waals surface area contributed by atoms with Gasteiger partial charge in [-0.2, -0.15) is 0 Å². The molecule has 1 amide bonds. The fraction of sp³-hybridized carbons (Fsp3) is 0.318. The molecule has 1 aromatic carbocycles. The first-order chi connectivity index (χ1) is 14.1. The molecular formula is C22H24N4O3. The molecule has 1 aliphatic heterocycles. The van der Waals surface area contributed by atoms with Gasteiger partial charge in [-0.05, 0) is 31.2 Å². The maximum atomic E-state index is 12.6. The lowest BCUT2D eigenvalue weighted by molar-refractivity contribution is 0.0641. The first-order valence-corrected chi connectivity index (χ1v) is 9.81. The number of nitrogens with one attached hydrogen (secondary N) is 1. The largest absolute Gasteiger partial charge is 0.423 e. The van der Waals surface area contributed by atoms with Gasteiger partial charge in [0, 0.05) is 62.6 Å². The molecule has 0 radical (unpaired) electrons. The average molecular weight is 392 g/mol. The van der Waals surface area contributed by atoms with Gasteiger partial charge in [-0.25, -0.2) is 4.79 Å². The van der Waals surface area contributed by atoms with Crippen LogP contribution in [0.3, 0.4) is 0 Å². The van der Waals surface area contributed by atoms with Crippen molar-refractivity contribution in [2.24, 2.45) is 0 Å². The van der Waals surface area contributed by atoms with Crippen LogP contribution in [0.2, 0.25) is 0 Å². The van der Waals surface area contributed by atoms with E-state index in [1.54, 1.807) is 12.3 Å². The van der Waals surface area contributed by atoms with Crippen LogP contribution in [0.25, 0.3) is 11.0 Å². The van der Waals surface area contributed by atoms with Gasteiger partial charge < -0.3 is 14.6 Å². The minimum absolute atomic E-state index is 0.0396. The molecular weight excluding hydrogens is 368 g/mol. The zero-order chi connectivity index (χ0) is 20.2. The summed E-state index contributed by atoms with van der Waals surface area (Å²) in [5.41, 5.74) is 2.56. The number of carbonyl (C=O) groups excluding carboxylic acids is 1. The van der Waals surface area contributed by atoms with Crippen LogP contribution < -0.4 is 10.9 Å². The van der Waals surface area contributed by atoms with Crippen molar-refractivity contribution in [1.29, 1.82) is 0 Å². The number of fused-ring (bicyclic) bond motifs is 1. The van der Waals surface area contributed by atoms with E-state index in [4.69, 9.17) is 4.42 Å². The van der Waals surface area contributed by atoms with Gasteiger partial charge in [-0.1, -0.05) is 12.1 Å². The van der Waals surface area contributed by atoms with E-state index >= 15 is 0 Å². The Hall–Kier alpha value is -3.19. The molecule has 3 aromatic rings. The van der Waals surface area contributed by atoms with Gasteiger partial charge in [0.1, 0.15) is 5.58 Å². The van der Waals surface area contributed by atoms with Crippen molar-refractivity contribution in [3.05, 3.63) is 70.3 Å². The Morgan fingerprint density at radius 3 is 2.69 bits per heavy atom. The predicted octanol–water partition coefficient (Wildman–Crippen LogP) is 2.37. The lowest BCUT2D eigenvalue weighted by Crippen LogP contribution is -2.49. The van der Waals surface area contributed by atoms with Crippen LogP contribution in [0.15, 0.2) is 57.9 Å². The molecule has 0 saturated carbocycles. The van der Waals surface area contributed by atoms with E-state index in [1.807, 2.05) is 42.2 Å². The number of hydrogen-bond donors (Lipinski definition) is 1. The Kier molecular flexibility index (Phi) is 5.57. The zero-order valence-corrected chi connectivity index (χ0v) is 16.4. The summed E-state index contributed by atoms with van der Waals surface area (Å²) in [7, 11) is 0. The lowest BCUT2D eigenvalue weighted by Gasteiger charge is -2.34. The molecule has 2 aromatic heterocycles. The van der Waals surface area contributed by atoms with Crippen LogP contribution in [0, 0.1) is 6.92 Å². The number of benzene rings is 1. The number of aryl methyl sites for hydroxylation is 1. The van der Waals surface area contributed by atoms with Gasteiger partial charge in [0.15, 0.2) is 0 Å². The van der Waals surface area contributed by atoms with Gasteiger partial charge in [-0.3, -0.25) is 14.7 Å². The highest BCUT2D eigenvalue weighted by Crippen LogP contribution is 2.20. The van der Waals surface area contributed by atoms with Crippen LogP contribution >= 0.6 is 0 Å².